The first-order valence-electron chi connectivity index (χ1n) is 6.14. The molecule has 2 rings (SSSR count). The zero-order chi connectivity index (χ0) is 11.2. The molecule has 0 amide bonds. The van der Waals surface area contributed by atoms with E-state index in [1.54, 1.807) is 0 Å². The molecule has 1 fully saturated rings. The molecule has 1 aliphatic heterocycles. The van der Waals surface area contributed by atoms with E-state index in [0.29, 0.717) is 5.92 Å². The van der Waals surface area contributed by atoms with Crippen molar-refractivity contribution in [1.82, 2.24) is 0 Å². The predicted octanol–water partition coefficient (Wildman–Crippen LogP) is 2.41. The number of ether oxygens (including phenoxy) is 1. The fraction of sp³-hybridized carbons (Fsp3) is 0.571. The van der Waals surface area contributed by atoms with Gasteiger partial charge >= 0.3 is 0 Å². The van der Waals surface area contributed by atoms with Crippen LogP contribution in [0.25, 0.3) is 0 Å². The van der Waals surface area contributed by atoms with Crippen molar-refractivity contribution in [3.05, 3.63) is 35.9 Å². The molecule has 1 aromatic rings. The summed E-state index contributed by atoms with van der Waals surface area (Å²) < 4.78 is 5.31. The van der Waals surface area contributed by atoms with Gasteiger partial charge in [0.05, 0.1) is 6.10 Å². The summed E-state index contributed by atoms with van der Waals surface area (Å²) in [7, 11) is 0. The van der Waals surface area contributed by atoms with Crippen LogP contribution in [0.1, 0.15) is 24.8 Å². The highest BCUT2D eigenvalue weighted by atomic mass is 16.5. The van der Waals surface area contributed by atoms with Gasteiger partial charge < -0.3 is 9.84 Å². The number of aliphatic hydroxyl groups is 1. The van der Waals surface area contributed by atoms with Crippen LogP contribution in [0.15, 0.2) is 30.3 Å². The molecule has 0 aromatic heterocycles. The SMILES string of the molecule is OC(CCc1ccccc1)CC1CCOC1. The molecule has 1 heterocycles. The highest BCUT2D eigenvalue weighted by Gasteiger charge is 2.19. The van der Waals surface area contributed by atoms with E-state index in [4.69, 9.17) is 4.74 Å². The van der Waals surface area contributed by atoms with Crippen molar-refractivity contribution in [1.29, 1.82) is 0 Å². The fourth-order valence-electron chi connectivity index (χ4n) is 2.25. The summed E-state index contributed by atoms with van der Waals surface area (Å²) in [5.41, 5.74) is 1.31. The first kappa shape index (κ1) is 11.6. The summed E-state index contributed by atoms with van der Waals surface area (Å²) >= 11 is 0. The third-order valence-corrected chi connectivity index (χ3v) is 3.24. The summed E-state index contributed by atoms with van der Waals surface area (Å²) in [6, 6.07) is 10.4. The van der Waals surface area contributed by atoms with Crippen molar-refractivity contribution < 1.29 is 9.84 Å². The monoisotopic (exact) mass is 220 g/mol. The van der Waals surface area contributed by atoms with E-state index < -0.39 is 0 Å². The molecule has 16 heavy (non-hydrogen) atoms. The van der Waals surface area contributed by atoms with Gasteiger partial charge in [-0.15, -0.1) is 0 Å². The summed E-state index contributed by atoms with van der Waals surface area (Å²) in [5, 5.41) is 9.92. The van der Waals surface area contributed by atoms with Gasteiger partial charge in [0.25, 0.3) is 0 Å². The Labute approximate surface area is 97.3 Å². The average Bonchev–Trinajstić information content (AvgIpc) is 2.81. The molecule has 2 nitrogen and oxygen atoms in total. The summed E-state index contributed by atoms with van der Waals surface area (Å²) in [6.07, 6.45) is 3.66. The number of aliphatic hydroxyl groups excluding tert-OH is 1. The van der Waals surface area contributed by atoms with Gasteiger partial charge in [0.2, 0.25) is 0 Å². The van der Waals surface area contributed by atoms with Gasteiger partial charge in [-0.05, 0) is 37.2 Å². The number of hydrogen-bond acceptors (Lipinski definition) is 2. The summed E-state index contributed by atoms with van der Waals surface area (Å²) in [4.78, 5) is 0. The lowest BCUT2D eigenvalue weighted by molar-refractivity contribution is 0.122. The van der Waals surface area contributed by atoms with Gasteiger partial charge in [0, 0.05) is 13.2 Å². The Kier molecular flexibility index (Phi) is 4.37. The fourth-order valence-corrected chi connectivity index (χ4v) is 2.25. The van der Waals surface area contributed by atoms with Crippen LogP contribution in [-0.4, -0.2) is 24.4 Å². The van der Waals surface area contributed by atoms with E-state index in [1.165, 1.54) is 5.56 Å². The van der Waals surface area contributed by atoms with Gasteiger partial charge in [0.1, 0.15) is 0 Å². The minimum Gasteiger partial charge on any atom is -0.393 e. The standard InChI is InChI=1S/C14H20O2/c15-14(10-13-8-9-16-11-13)7-6-12-4-2-1-3-5-12/h1-5,13-15H,6-11H2. The molecule has 2 unspecified atom stereocenters. The summed E-state index contributed by atoms with van der Waals surface area (Å²) in [5.74, 6) is 0.575. The minimum absolute atomic E-state index is 0.174. The van der Waals surface area contributed by atoms with Crippen LogP contribution in [0, 0.1) is 5.92 Å². The molecule has 2 heteroatoms. The molecule has 0 bridgehead atoms. The van der Waals surface area contributed by atoms with Gasteiger partial charge in [0.15, 0.2) is 0 Å². The van der Waals surface area contributed by atoms with Crippen molar-refractivity contribution in [3.63, 3.8) is 0 Å². The van der Waals surface area contributed by atoms with E-state index in [9.17, 15) is 5.11 Å². The number of aryl methyl sites for hydroxylation is 1. The second-order valence-corrected chi connectivity index (χ2v) is 4.64. The van der Waals surface area contributed by atoms with E-state index in [1.807, 2.05) is 18.2 Å². The van der Waals surface area contributed by atoms with Gasteiger partial charge in [-0.1, -0.05) is 30.3 Å². The van der Waals surface area contributed by atoms with E-state index in [2.05, 4.69) is 12.1 Å². The van der Waals surface area contributed by atoms with Gasteiger partial charge in [-0.3, -0.25) is 0 Å². The van der Waals surface area contributed by atoms with Crippen LogP contribution in [0.5, 0.6) is 0 Å². The van der Waals surface area contributed by atoms with Crippen molar-refractivity contribution in [2.75, 3.05) is 13.2 Å². The molecule has 0 aliphatic carbocycles. The number of rotatable bonds is 5. The Balaban J connectivity index is 1.69. The smallest absolute Gasteiger partial charge is 0.0547 e. The first-order valence-corrected chi connectivity index (χ1v) is 6.14. The molecular formula is C14H20O2. The largest absolute Gasteiger partial charge is 0.393 e. The third kappa shape index (κ3) is 3.62. The lowest BCUT2D eigenvalue weighted by atomic mass is 9.97. The van der Waals surface area contributed by atoms with Crippen molar-refractivity contribution in [2.45, 2.75) is 31.8 Å². The molecular weight excluding hydrogens is 200 g/mol. The molecule has 0 saturated carbocycles. The second-order valence-electron chi connectivity index (χ2n) is 4.64. The van der Waals surface area contributed by atoms with Crippen molar-refractivity contribution >= 4 is 0 Å². The first-order chi connectivity index (χ1) is 7.84. The maximum absolute atomic E-state index is 9.92. The van der Waals surface area contributed by atoms with E-state index in [0.717, 1.165) is 38.9 Å². The Morgan fingerprint density at radius 2 is 2.12 bits per heavy atom. The maximum Gasteiger partial charge on any atom is 0.0547 e. The Morgan fingerprint density at radius 1 is 1.31 bits per heavy atom. The number of hydrogen-bond donors (Lipinski definition) is 1. The van der Waals surface area contributed by atoms with Gasteiger partial charge in [-0.25, -0.2) is 0 Å². The van der Waals surface area contributed by atoms with Crippen molar-refractivity contribution in [2.24, 2.45) is 5.92 Å². The predicted molar refractivity (Wildman–Crippen MR) is 64.3 cm³/mol. The van der Waals surface area contributed by atoms with Crippen LogP contribution >= 0.6 is 0 Å². The zero-order valence-electron chi connectivity index (χ0n) is 9.64. The Morgan fingerprint density at radius 3 is 2.81 bits per heavy atom. The molecule has 1 aliphatic rings. The zero-order valence-corrected chi connectivity index (χ0v) is 9.64. The molecule has 1 saturated heterocycles. The highest BCUT2D eigenvalue weighted by Crippen LogP contribution is 2.20. The molecule has 88 valence electrons. The molecule has 2 atom stereocenters. The van der Waals surface area contributed by atoms with Crippen molar-refractivity contribution in [3.8, 4) is 0 Å². The van der Waals surface area contributed by atoms with Crippen LogP contribution < -0.4 is 0 Å². The van der Waals surface area contributed by atoms with Crippen LogP contribution in [0.3, 0.4) is 0 Å². The van der Waals surface area contributed by atoms with Crippen LogP contribution in [0.4, 0.5) is 0 Å². The number of benzene rings is 1. The lowest BCUT2D eigenvalue weighted by Crippen LogP contribution is -2.14. The van der Waals surface area contributed by atoms with E-state index in [-0.39, 0.29) is 6.10 Å². The maximum atomic E-state index is 9.92. The van der Waals surface area contributed by atoms with Crippen LogP contribution in [0.2, 0.25) is 0 Å². The molecule has 0 spiro atoms. The molecule has 1 aromatic carbocycles. The topological polar surface area (TPSA) is 29.5 Å². The quantitative estimate of drug-likeness (QED) is 0.825. The molecule has 1 N–H and O–H groups in total. The van der Waals surface area contributed by atoms with Crippen LogP contribution in [-0.2, 0) is 11.2 Å². The Hall–Kier alpha value is -0.860. The average molecular weight is 220 g/mol. The lowest BCUT2D eigenvalue weighted by Gasteiger charge is -2.14. The summed E-state index contributed by atoms with van der Waals surface area (Å²) in [6.45, 7) is 1.71. The molecule has 0 radical (unpaired) electrons. The normalized spacial score (nSPS) is 22.2. The van der Waals surface area contributed by atoms with Gasteiger partial charge in [-0.2, -0.15) is 0 Å². The Bertz CT molecular complexity index is 291. The third-order valence-electron chi connectivity index (χ3n) is 3.24. The highest BCUT2D eigenvalue weighted by molar-refractivity contribution is 5.14. The second kappa shape index (κ2) is 6.02. The minimum atomic E-state index is -0.174. The van der Waals surface area contributed by atoms with E-state index >= 15 is 0 Å².